The number of rotatable bonds is 1. The fourth-order valence-electron chi connectivity index (χ4n) is 2.67. The number of fused-ring (bicyclic) bond motifs is 1. The molecule has 17 heavy (non-hydrogen) atoms. The molecule has 3 rings (SSSR count). The zero-order chi connectivity index (χ0) is 11.8. The maximum absolute atomic E-state index is 6.17. The van der Waals surface area contributed by atoms with Crippen molar-refractivity contribution in [1.29, 1.82) is 0 Å². The van der Waals surface area contributed by atoms with Crippen molar-refractivity contribution in [2.75, 3.05) is 0 Å². The minimum absolute atomic E-state index is 0.145. The lowest BCUT2D eigenvalue weighted by Gasteiger charge is -2.24. The molecule has 3 heteroatoms. The first-order valence-corrected chi connectivity index (χ1v) is 6.13. The van der Waals surface area contributed by atoms with Gasteiger partial charge in [-0.3, -0.25) is 0 Å². The van der Waals surface area contributed by atoms with Crippen molar-refractivity contribution >= 4 is 0 Å². The number of nitrogens with two attached hydrogens (primary N) is 1. The molecule has 0 saturated carbocycles. The van der Waals surface area contributed by atoms with E-state index in [9.17, 15) is 0 Å². The molecule has 88 valence electrons. The third kappa shape index (κ3) is 1.76. The monoisotopic (exact) mass is 227 g/mol. The third-order valence-electron chi connectivity index (χ3n) is 3.50. The minimum Gasteiger partial charge on any atom is -0.324 e. The van der Waals surface area contributed by atoms with Gasteiger partial charge in [0.2, 0.25) is 0 Å². The average molecular weight is 227 g/mol. The summed E-state index contributed by atoms with van der Waals surface area (Å²) in [5.74, 6) is 0.636. The van der Waals surface area contributed by atoms with Gasteiger partial charge in [-0.15, -0.1) is 0 Å². The van der Waals surface area contributed by atoms with Gasteiger partial charge < -0.3 is 5.73 Å². The second kappa shape index (κ2) is 4.00. The van der Waals surface area contributed by atoms with Crippen LogP contribution < -0.4 is 5.73 Å². The van der Waals surface area contributed by atoms with Crippen LogP contribution >= 0.6 is 0 Å². The van der Waals surface area contributed by atoms with E-state index in [0.717, 1.165) is 18.5 Å². The summed E-state index contributed by atoms with van der Waals surface area (Å²) in [7, 11) is 0. The van der Waals surface area contributed by atoms with Gasteiger partial charge in [-0.2, -0.15) is 5.10 Å². The lowest BCUT2D eigenvalue weighted by atomic mass is 9.86. The fraction of sp³-hybridized carbons (Fsp3) is 0.357. The lowest BCUT2D eigenvalue weighted by molar-refractivity contribution is 0.430. The maximum atomic E-state index is 6.17. The molecule has 0 amide bonds. The predicted octanol–water partition coefficient (Wildman–Crippen LogP) is 2.45. The molecule has 1 aliphatic rings. The van der Waals surface area contributed by atoms with E-state index in [4.69, 9.17) is 5.73 Å². The molecule has 2 N–H and O–H groups in total. The Balaban J connectivity index is 2.09. The largest absolute Gasteiger partial charge is 0.324 e. The number of para-hydroxylation sites is 1. The molecule has 0 aliphatic heterocycles. The highest BCUT2D eigenvalue weighted by Crippen LogP contribution is 2.32. The van der Waals surface area contributed by atoms with E-state index in [1.54, 1.807) is 0 Å². The number of benzene rings is 1. The zero-order valence-corrected chi connectivity index (χ0v) is 10.0. The Kier molecular flexibility index (Phi) is 2.48. The Morgan fingerprint density at radius 3 is 2.82 bits per heavy atom. The molecule has 0 bridgehead atoms. The SMILES string of the molecule is CC1Cc2c(cnn2-c2ccccc2)C(N)C1. The number of hydrogen-bond acceptors (Lipinski definition) is 2. The highest BCUT2D eigenvalue weighted by atomic mass is 15.3. The molecule has 2 aromatic rings. The Hall–Kier alpha value is -1.61. The van der Waals surface area contributed by atoms with Crippen LogP contribution in [-0.4, -0.2) is 9.78 Å². The molecule has 0 radical (unpaired) electrons. The molecule has 3 nitrogen and oxygen atoms in total. The van der Waals surface area contributed by atoms with Crippen molar-refractivity contribution in [3.8, 4) is 5.69 Å². The second-order valence-electron chi connectivity index (χ2n) is 4.95. The van der Waals surface area contributed by atoms with Gasteiger partial charge in [0.25, 0.3) is 0 Å². The second-order valence-corrected chi connectivity index (χ2v) is 4.95. The van der Waals surface area contributed by atoms with E-state index in [1.165, 1.54) is 11.3 Å². The summed E-state index contributed by atoms with van der Waals surface area (Å²) in [5.41, 5.74) is 9.79. The summed E-state index contributed by atoms with van der Waals surface area (Å²) in [5, 5.41) is 4.49. The van der Waals surface area contributed by atoms with E-state index in [0.29, 0.717) is 5.92 Å². The molecule has 0 saturated heterocycles. The van der Waals surface area contributed by atoms with E-state index in [1.807, 2.05) is 29.1 Å². The van der Waals surface area contributed by atoms with Crippen LogP contribution in [0.25, 0.3) is 5.69 Å². The van der Waals surface area contributed by atoms with E-state index in [-0.39, 0.29) is 6.04 Å². The molecule has 1 aliphatic carbocycles. The first kappa shape index (κ1) is 10.5. The standard InChI is InChI=1S/C14H17N3/c1-10-7-13(15)12-9-16-17(14(12)8-10)11-5-3-2-4-6-11/h2-6,9-10,13H,7-8,15H2,1H3. The van der Waals surface area contributed by atoms with Gasteiger partial charge >= 0.3 is 0 Å². The summed E-state index contributed by atoms with van der Waals surface area (Å²) in [6.07, 6.45) is 4.06. The molecule has 2 atom stereocenters. The quantitative estimate of drug-likeness (QED) is 0.813. The number of hydrogen-bond donors (Lipinski definition) is 1. The van der Waals surface area contributed by atoms with E-state index < -0.39 is 0 Å². The Morgan fingerprint density at radius 2 is 2.06 bits per heavy atom. The first-order chi connectivity index (χ1) is 8.25. The molecule has 0 fully saturated rings. The van der Waals surface area contributed by atoms with Gasteiger partial charge in [0.1, 0.15) is 0 Å². The number of nitrogens with zero attached hydrogens (tertiary/aromatic N) is 2. The molecule has 1 heterocycles. The van der Waals surface area contributed by atoms with Gasteiger partial charge in [0.05, 0.1) is 11.9 Å². The fourth-order valence-corrected chi connectivity index (χ4v) is 2.67. The van der Waals surface area contributed by atoms with Crippen molar-refractivity contribution < 1.29 is 0 Å². The summed E-state index contributed by atoms with van der Waals surface area (Å²) >= 11 is 0. The van der Waals surface area contributed by atoms with Crippen LogP contribution in [0.5, 0.6) is 0 Å². The van der Waals surface area contributed by atoms with Gasteiger partial charge in [-0.05, 0) is 30.9 Å². The molecular formula is C14H17N3. The van der Waals surface area contributed by atoms with E-state index >= 15 is 0 Å². The van der Waals surface area contributed by atoms with Crippen LogP contribution in [0.4, 0.5) is 0 Å². The van der Waals surface area contributed by atoms with Crippen molar-refractivity contribution in [3.63, 3.8) is 0 Å². The highest BCUT2D eigenvalue weighted by molar-refractivity contribution is 5.37. The first-order valence-electron chi connectivity index (χ1n) is 6.13. The minimum atomic E-state index is 0.145. The van der Waals surface area contributed by atoms with Crippen LogP contribution in [0.15, 0.2) is 36.5 Å². The molecule has 0 spiro atoms. The Bertz CT molecular complexity index is 516. The summed E-state index contributed by atoms with van der Waals surface area (Å²) < 4.78 is 2.03. The van der Waals surface area contributed by atoms with Crippen molar-refractivity contribution in [3.05, 3.63) is 47.8 Å². The lowest BCUT2D eigenvalue weighted by Crippen LogP contribution is -2.23. The van der Waals surface area contributed by atoms with E-state index in [2.05, 4.69) is 24.2 Å². The molecular weight excluding hydrogens is 210 g/mol. The molecule has 2 unspecified atom stereocenters. The van der Waals surface area contributed by atoms with Crippen LogP contribution in [0.1, 0.15) is 30.6 Å². The van der Waals surface area contributed by atoms with Crippen LogP contribution in [-0.2, 0) is 6.42 Å². The van der Waals surface area contributed by atoms with Crippen molar-refractivity contribution in [1.82, 2.24) is 9.78 Å². The normalized spacial score (nSPS) is 23.4. The predicted molar refractivity (Wildman–Crippen MR) is 68.0 cm³/mol. The van der Waals surface area contributed by atoms with Gasteiger partial charge in [-0.1, -0.05) is 25.1 Å². The van der Waals surface area contributed by atoms with Crippen LogP contribution in [0.2, 0.25) is 0 Å². The van der Waals surface area contributed by atoms with Gasteiger partial charge in [-0.25, -0.2) is 4.68 Å². The summed E-state index contributed by atoms with van der Waals surface area (Å²) in [4.78, 5) is 0. The smallest absolute Gasteiger partial charge is 0.0648 e. The van der Waals surface area contributed by atoms with Crippen LogP contribution in [0.3, 0.4) is 0 Å². The summed E-state index contributed by atoms with van der Waals surface area (Å²) in [6, 6.07) is 10.4. The van der Waals surface area contributed by atoms with Crippen LogP contribution in [0, 0.1) is 5.92 Å². The van der Waals surface area contributed by atoms with Crippen molar-refractivity contribution in [2.45, 2.75) is 25.8 Å². The maximum Gasteiger partial charge on any atom is 0.0648 e. The Morgan fingerprint density at radius 1 is 1.29 bits per heavy atom. The molecule has 1 aromatic heterocycles. The highest BCUT2D eigenvalue weighted by Gasteiger charge is 2.25. The molecule has 1 aromatic carbocycles. The number of aromatic nitrogens is 2. The summed E-state index contributed by atoms with van der Waals surface area (Å²) in [6.45, 7) is 2.26. The Labute approximate surface area is 101 Å². The van der Waals surface area contributed by atoms with Crippen molar-refractivity contribution in [2.24, 2.45) is 11.7 Å². The zero-order valence-electron chi connectivity index (χ0n) is 10.0. The van der Waals surface area contributed by atoms with Gasteiger partial charge in [0.15, 0.2) is 0 Å². The van der Waals surface area contributed by atoms with Gasteiger partial charge in [0, 0.05) is 17.3 Å². The average Bonchev–Trinajstić information content (AvgIpc) is 2.74. The third-order valence-corrected chi connectivity index (χ3v) is 3.50. The topological polar surface area (TPSA) is 43.8 Å².